The second-order valence-corrected chi connectivity index (χ2v) is 6.82. The monoisotopic (exact) mass is 404 g/mol. The van der Waals surface area contributed by atoms with Gasteiger partial charge >= 0.3 is 0 Å². The Hall–Kier alpha value is -2.61. The van der Waals surface area contributed by atoms with Gasteiger partial charge in [0, 0.05) is 34.9 Å². The Kier molecular flexibility index (Phi) is 4.89. The lowest BCUT2D eigenvalue weighted by molar-refractivity contribution is -0.117. The Balaban J connectivity index is 1.54. The molecule has 0 radical (unpaired) electrons. The molecule has 1 fully saturated rings. The minimum atomic E-state index is -0.443. The van der Waals surface area contributed by atoms with Crippen LogP contribution >= 0.6 is 15.9 Å². The molecule has 0 saturated heterocycles. The molecule has 25 heavy (non-hydrogen) atoms. The third kappa shape index (κ3) is 4.27. The maximum absolute atomic E-state index is 12.1. The van der Waals surface area contributed by atoms with Crippen LogP contribution in [0.3, 0.4) is 0 Å². The molecule has 2 aromatic rings. The molecule has 1 aromatic heterocycles. The SMILES string of the molecule is Cn1cc(Br)cc1C(=O)NNC(=O)c1ccc(NC(=O)C2CC2)cc1. The first-order valence-corrected chi connectivity index (χ1v) is 8.57. The second-order valence-electron chi connectivity index (χ2n) is 5.90. The van der Waals surface area contributed by atoms with Gasteiger partial charge in [0.25, 0.3) is 11.8 Å². The standard InChI is InChI=1S/C17H17BrN4O3/c1-22-9-12(18)8-14(22)17(25)21-20-16(24)11-4-6-13(7-5-11)19-15(23)10-2-3-10/h4-10H,2-3H2,1H3,(H,19,23)(H,20,24)(H,21,25). The van der Waals surface area contributed by atoms with Gasteiger partial charge in [-0.15, -0.1) is 0 Å². The van der Waals surface area contributed by atoms with Crippen molar-refractivity contribution in [3.63, 3.8) is 0 Å². The molecule has 130 valence electrons. The summed E-state index contributed by atoms with van der Waals surface area (Å²) in [7, 11) is 1.73. The summed E-state index contributed by atoms with van der Waals surface area (Å²) in [4.78, 5) is 35.8. The van der Waals surface area contributed by atoms with E-state index in [-0.39, 0.29) is 11.8 Å². The van der Waals surface area contributed by atoms with Crippen LogP contribution in [0.15, 0.2) is 41.0 Å². The van der Waals surface area contributed by atoms with E-state index in [0.29, 0.717) is 16.9 Å². The molecular formula is C17H17BrN4O3. The van der Waals surface area contributed by atoms with Gasteiger partial charge in [-0.05, 0) is 59.1 Å². The largest absolute Gasteiger partial charge is 0.345 e. The van der Waals surface area contributed by atoms with E-state index in [2.05, 4.69) is 32.1 Å². The van der Waals surface area contributed by atoms with Gasteiger partial charge in [0.15, 0.2) is 0 Å². The van der Waals surface area contributed by atoms with Gasteiger partial charge < -0.3 is 9.88 Å². The van der Waals surface area contributed by atoms with E-state index in [1.165, 1.54) is 0 Å². The zero-order valence-corrected chi connectivity index (χ0v) is 15.1. The molecule has 8 heteroatoms. The molecule has 1 aliphatic carbocycles. The highest BCUT2D eigenvalue weighted by Crippen LogP contribution is 2.30. The van der Waals surface area contributed by atoms with E-state index in [9.17, 15) is 14.4 Å². The number of amides is 3. The first-order valence-electron chi connectivity index (χ1n) is 7.77. The number of aromatic nitrogens is 1. The molecule has 0 aliphatic heterocycles. The van der Waals surface area contributed by atoms with Gasteiger partial charge in [-0.2, -0.15) is 0 Å². The lowest BCUT2D eigenvalue weighted by Crippen LogP contribution is -2.42. The molecule has 0 spiro atoms. The minimum Gasteiger partial charge on any atom is -0.345 e. The quantitative estimate of drug-likeness (QED) is 0.682. The van der Waals surface area contributed by atoms with Gasteiger partial charge in [-0.3, -0.25) is 25.2 Å². The van der Waals surface area contributed by atoms with Gasteiger partial charge in [-0.25, -0.2) is 0 Å². The fourth-order valence-electron chi connectivity index (χ4n) is 2.29. The number of aryl methyl sites for hydroxylation is 1. The topological polar surface area (TPSA) is 92.2 Å². The predicted molar refractivity (Wildman–Crippen MR) is 95.8 cm³/mol. The molecule has 1 aliphatic rings. The molecule has 1 heterocycles. The van der Waals surface area contributed by atoms with Crippen molar-refractivity contribution in [1.82, 2.24) is 15.4 Å². The van der Waals surface area contributed by atoms with E-state index in [1.54, 1.807) is 48.1 Å². The smallest absolute Gasteiger partial charge is 0.286 e. The van der Waals surface area contributed by atoms with Crippen molar-refractivity contribution >= 4 is 39.3 Å². The second kappa shape index (κ2) is 7.10. The summed E-state index contributed by atoms with van der Waals surface area (Å²) >= 11 is 3.29. The Morgan fingerprint density at radius 1 is 1.08 bits per heavy atom. The molecule has 3 amide bonds. The number of halogens is 1. The number of rotatable bonds is 4. The number of carbonyl (C=O) groups is 3. The molecule has 3 rings (SSSR count). The molecule has 0 unspecified atom stereocenters. The summed E-state index contributed by atoms with van der Waals surface area (Å²) in [5.74, 6) is -0.731. The molecular weight excluding hydrogens is 388 g/mol. The first-order chi connectivity index (χ1) is 11.9. The Labute approximate surface area is 152 Å². The molecule has 1 saturated carbocycles. The van der Waals surface area contributed by atoms with E-state index in [1.807, 2.05) is 0 Å². The van der Waals surface area contributed by atoms with Crippen molar-refractivity contribution < 1.29 is 14.4 Å². The van der Waals surface area contributed by atoms with Crippen molar-refractivity contribution in [2.24, 2.45) is 13.0 Å². The fourth-order valence-corrected chi connectivity index (χ4v) is 2.82. The highest BCUT2D eigenvalue weighted by Gasteiger charge is 2.29. The summed E-state index contributed by atoms with van der Waals surface area (Å²) in [6.07, 6.45) is 3.61. The number of hydrogen-bond donors (Lipinski definition) is 3. The zero-order chi connectivity index (χ0) is 18.0. The fraction of sp³-hybridized carbons (Fsp3) is 0.235. The molecule has 7 nitrogen and oxygen atoms in total. The summed E-state index contributed by atoms with van der Waals surface area (Å²) in [6, 6.07) is 8.14. The van der Waals surface area contributed by atoms with E-state index in [4.69, 9.17) is 0 Å². The normalized spacial score (nSPS) is 13.2. The molecule has 0 bridgehead atoms. The summed E-state index contributed by atoms with van der Waals surface area (Å²) < 4.78 is 2.42. The lowest BCUT2D eigenvalue weighted by atomic mass is 10.2. The minimum absolute atomic E-state index is 0.0122. The van der Waals surface area contributed by atoms with E-state index >= 15 is 0 Å². The zero-order valence-electron chi connectivity index (χ0n) is 13.5. The van der Waals surface area contributed by atoms with Gasteiger partial charge in [-0.1, -0.05) is 0 Å². The number of nitrogens with zero attached hydrogens (tertiary/aromatic N) is 1. The number of carbonyl (C=O) groups excluding carboxylic acids is 3. The van der Waals surface area contributed by atoms with Crippen LogP contribution in [0.1, 0.15) is 33.7 Å². The Morgan fingerprint density at radius 3 is 2.28 bits per heavy atom. The van der Waals surface area contributed by atoms with Gasteiger partial charge in [0.05, 0.1) is 0 Å². The number of nitrogens with one attached hydrogen (secondary N) is 3. The molecule has 1 aromatic carbocycles. The maximum atomic E-state index is 12.1. The van der Waals surface area contributed by atoms with Crippen molar-refractivity contribution in [2.75, 3.05) is 5.32 Å². The average molecular weight is 405 g/mol. The van der Waals surface area contributed by atoms with E-state index in [0.717, 1.165) is 17.3 Å². The molecule has 3 N–H and O–H groups in total. The predicted octanol–water partition coefficient (Wildman–Crippen LogP) is 2.21. The highest BCUT2D eigenvalue weighted by molar-refractivity contribution is 9.10. The first kappa shape index (κ1) is 17.2. The average Bonchev–Trinajstić information content (AvgIpc) is 3.38. The van der Waals surface area contributed by atoms with Crippen LogP contribution in [0.25, 0.3) is 0 Å². The van der Waals surface area contributed by atoms with Crippen molar-refractivity contribution in [3.8, 4) is 0 Å². The van der Waals surface area contributed by atoms with Crippen LogP contribution in [-0.2, 0) is 11.8 Å². The summed E-state index contributed by atoms with van der Waals surface area (Å²) in [5.41, 5.74) is 6.16. The summed E-state index contributed by atoms with van der Waals surface area (Å²) in [5, 5.41) is 2.80. The van der Waals surface area contributed by atoms with Gasteiger partial charge in [0.2, 0.25) is 5.91 Å². The van der Waals surface area contributed by atoms with Crippen LogP contribution in [-0.4, -0.2) is 22.3 Å². The van der Waals surface area contributed by atoms with E-state index < -0.39 is 11.8 Å². The van der Waals surface area contributed by atoms with Crippen LogP contribution < -0.4 is 16.2 Å². The third-order valence-corrected chi connectivity index (χ3v) is 4.29. The maximum Gasteiger partial charge on any atom is 0.286 e. The van der Waals surface area contributed by atoms with Crippen molar-refractivity contribution in [2.45, 2.75) is 12.8 Å². The van der Waals surface area contributed by atoms with Crippen LogP contribution in [0, 0.1) is 5.92 Å². The van der Waals surface area contributed by atoms with Crippen molar-refractivity contribution in [3.05, 3.63) is 52.3 Å². The van der Waals surface area contributed by atoms with Crippen LogP contribution in [0.2, 0.25) is 0 Å². The number of benzene rings is 1. The number of hydrazine groups is 1. The van der Waals surface area contributed by atoms with Crippen molar-refractivity contribution in [1.29, 1.82) is 0 Å². The Morgan fingerprint density at radius 2 is 1.72 bits per heavy atom. The third-order valence-electron chi connectivity index (χ3n) is 3.86. The highest BCUT2D eigenvalue weighted by atomic mass is 79.9. The number of anilines is 1. The molecule has 0 atom stereocenters. The number of hydrogen-bond acceptors (Lipinski definition) is 3. The lowest BCUT2D eigenvalue weighted by Gasteiger charge is -2.09. The van der Waals surface area contributed by atoms with Crippen LogP contribution in [0.4, 0.5) is 5.69 Å². The Bertz CT molecular complexity index is 825. The summed E-state index contributed by atoms with van der Waals surface area (Å²) in [6.45, 7) is 0. The van der Waals surface area contributed by atoms with Gasteiger partial charge in [0.1, 0.15) is 5.69 Å². The van der Waals surface area contributed by atoms with Crippen LogP contribution in [0.5, 0.6) is 0 Å².